The highest BCUT2D eigenvalue weighted by Crippen LogP contribution is 2.36. The van der Waals surface area contributed by atoms with Gasteiger partial charge in [-0.3, -0.25) is 9.69 Å². The van der Waals surface area contributed by atoms with E-state index in [-0.39, 0.29) is 11.9 Å². The van der Waals surface area contributed by atoms with Crippen molar-refractivity contribution in [1.29, 1.82) is 0 Å². The molecular formula is C13H17N3O2S. The Bertz CT molecular complexity index is 546. The van der Waals surface area contributed by atoms with E-state index < -0.39 is 5.54 Å². The van der Waals surface area contributed by atoms with Crippen LogP contribution < -0.4 is 5.32 Å². The predicted molar refractivity (Wildman–Crippen MR) is 71.9 cm³/mol. The second-order valence-electron chi connectivity index (χ2n) is 5.35. The molecule has 102 valence electrons. The Labute approximate surface area is 116 Å². The second kappa shape index (κ2) is 4.30. The SMILES string of the molecule is Cc1nc(C)c(CN2C(=O)NC3(CCCC3)C2=O)s1. The summed E-state index contributed by atoms with van der Waals surface area (Å²) < 4.78 is 0. The molecule has 2 fully saturated rings. The molecule has 1 N–H and O–H groups in total. The van der Waals surface area contributed by atoms with Crippen LogP contribution >= 0.6 is 11.3 Å². The number of carbonyl (C=O) groups is 2. The molecule has 0 aromatic carbocycles. The molecule has 19 heavy (non-hydrogen) atoms. The third-order valence-corrected chi connectivity index (χ3v) is 5.06. The van der Waals surface area contributed by atoms with E-state index in [0.29, 0.717) is 6.54 Å². The highest BCUT2D eigenvalue weighted by Gasteiger charge is 2.52. The number of carbonyl (C=O) groups excluding carboxylic acids is 2. The van der Waals surface area contributed by atoms with E-state index >= 15 is 0 Å². The van der Waals surface area contributed by atoms with Crippen molar-refractivity contribution >= 4 is 23.3 Å². The third-order valence-electron chi connectivity index (χ3n) is 4.00. The molecule has 6 heteroatoms. The lowest BCUT2D eigenvalue weighted by atomic mass is 9.98. The zero-order chi connectivity index (χ0) is 13.6. The number of hydrogen-bond acceptors (Lipinski definition) is 4. The highest BCUT2D eigenvalue weighted by molar-refractivity contribution is 7.11. The van der Waals surface area contributed by atoms with E-state index in [1.165, 1.54) is 4.90 Å². The molecule has 2 heterocycles. The zero-order valence-electron chi connectivity index (χ0n) is 11.2. The average molecular weight is 279 g/mol. The van der Waals surface area contributed by atoms with Gasteiger partial charge in [0.2, 0.25) is 0 Å². The Kier molecular flexibility index (Phi) is 2.85. The number of imide groups is 1. The highest BCUT2D eigenvalue weighted by atomic mass is 32.1. The summed E-state index contributed by atoms with van der Waals surface area (Å²) in [6.45, 7) is 4.21. The first-order chi connectivity index (χ1) is 9.02. The Morgan fingerprint density at radius 3 is 2.58 bits per heavy atom. The van der Waals surface area contributed by atoms with Gasteiger partial charge in [-0.15, -0.1) is 11.3 Å². The van der Waals surface area contributed by atoms with Crippen LogP contribution in [0.4, 0.5) is 4.79 Å². The molecule has 5 nitrogen and oxygen atoms in total. The van der Waals surface area contributed by atoms with Crippen molar-refractivity contribution in [2.24, 2.45) is 0 Å². The van der Waals surface area contributed by atoms with Gasteiger partial charge < -0.3 is 5.32 Å². The van der Waals surface area contributed by atoms with Gasteiger partial charge in [0.05, 0.1) is 17.2 Å². The van der Waals surface area contributed by atoms with Gasteiger partial charge in [-0.05, 0) is 26.7 Å². The Morgan fingerprint density at radius 2 is 2.00 bits per heavy atom. The molecule has 1 spiro atoms. The fourth-order valence-corrected chi connectivity index (χ4v) is 3.93. The largest absolute Gasteiger partial charge is 0.325 e. The lowest BCUT2D eigenvalue weighted by Crippen LogP contribution is -2.44. The first kappa shape index (κ1) is 12.6. The number of hydrogen-bond donors (Lipinski definition) is 1. The molecule has 1 aliphatic carbocycles. The third kappa shape index (κ3) is 1.94. The fourth-order valence-electron chi connectivity index (χ4n) is 3.00. The number of amides is 3. The summed E-state index contributed by atoms with van der Waals surface area (Å²) in [7, 11) is 0. The van der Waals surface area contributed by atoms with Crippen LogP contribution in [0.2, 0.25) is 0 Å². The molecule has 1 saturated carbocycles. The molecule has 0 atom stereocenters. The molecule has 2 aliphatic rings. The van der Waals surface area contributed by atoms with Crippen LogP contribution in [0.3, 0.4) is 0 Å². The van der Waals surface area contributed by atoms with Crippen molar-refractivity contribution in [3.05, 3.63) is 15.6 Å². The summed E-state index contributed by atoms with van der Waals surface area (Å²) in [6.07, 6.45) is 3.57. The number of thiazole rings is 1. The zero-order valence-corrected chi connectivity index (χ0v) is 12.0. The number of rotatable bonds is 2. The van der Waals surface area contributed by atoms with Crippen LogP contribution in [0.5, 0.6) is 0 Å². The van der Waals surface area contributed by atoms with E-state index in [1.54, 1.807) is 11.3 Å². The van der Waals surface area contributed by atoms with Crippen molar-refractivity contribution < 1.29 is 9.59 Å². The van der Waals surface area contributed by atoms with Crippen LogP contribution in [0.25, 0.3) is 0 Å². The maximum Gasteiger partial charge on any atom is 0.325 e. The van der Waals surface area contributed by atoms with Crippen molar-refractivity contribution in [3.8, 4) is 0 Å². The second-order valence-corrected chi connectivity index (χ2v) is 6.64. The minimum absolute atomic E-state index is 0.0551. The molecule has 3 amide bonds. The van der Waals surface area contributed by atoms with Crippen LogP contribution in [0, 0.1) is 13.8 Å². The minimum atomic E-state index is -0.606. The molecule has 3 rings (SSSR count). The Morgan fingerprint density at radius 1 is 1.32 bits per heavy atom. The lowest BCUT2D eigenvalue weighted by molar-refractivity contribution is -0.131. The number of urea groups is 1. The van der Waals surface area contributed by atoms with Gasteiger partial charge in [-0.2, -0.15) is 0 Å². The monoisotopic (exact) mass is 279 g/mol. The molecule has 1 aliphatic heterocycles. The summed E-state index contributed by atoms with van der Waals surface area (Å²) in [4.78, 5) is 31.2. The summed E-state index contributed by atoms with van der Waals surface area (Å²) in [5, 5.41) is 3.86. The molecule has 1 saturated heterocycles. The maximum absolute atomic E-state index is 12.5. The molecule has 1 aromatic heterocycles. The number of nitrogens with zero attached hydrogens (tertiary/aromatic N) is 2. The van der Waals surface area contributed by atoms with Crippen LogP contribution in [-0.4, -0.2) is 27.4 Å². The van der Waals surface area contributed by atoms with E-state index in [9.17, 15) is 9.59 Å². The van der Waals surface area contributed by atoms with E-state index in [4.69, 9.17) is 0 Å². The first-order valence-electron chi connectivity index (χ1n) is 6.59. The van der Waals surface area contributed by atoms with E-state index in [0.717, 1.165) is 41.3 Å². The smallest absolute Gasteiger partial charge is 0.323 e. The van der Waals surface area contributed by atoms with Gasteiger partial charge in [-0.1, -0.05) is 12.8 Å². The van der Waals surface area contributed by atoms with Gasteiger partial charge in [0.15, 0.2) is 0 Å². The lowest BCUT2D eigenvalue weighted by Gasteiger charge is -2.19. The molecule has 0 unspecified atom stereocenters. The fraction of sp³-hybridized carbons (Fsp3) is 0.615. The Balaban J connectivity index is 1.83. The Hall–Kier alpha value is -1.43. The quantitative estimate of drug-likeness (QED) is 0.844. The van der Waals surface area contributed by atoms with Gasteiger partial charge in [0.1, 0.15) is 5.54 Å². The maximum atomic E-state index is 12.5. The summed E-state index contributed by atoms with van der Waals surface area (Å²) in [5.74, 6) is -0.0551. The van der Waals surface area contributed by atoms with Crippen molar-refractivity contribution in [3.63, 3.8) is 0 Å². The van der Waals surface area contributed by atoms with Gasteiger partial charge in [-0.25, -0.2) is 9.78 Å². The van der Waals surface area contributed by atoms with Crippen molar-refractivity contribution in [2.75, 3.05) is 0 Å². The minimum Gasteiger partial charge on any atom is -0.323 e. The van der Waals surface area contributed by atoms with Crippen LogP contribution in [0.1, 0.15) is 41.3 Å². The molecular weight excluding hydrogens is 262 g/mol. The summed E-state index contributed by atoms with van der Waals surface area (Å²) >= 11 is 1.55. The standard InChI is InChI=1S/C13H17N3O2S/c1-8-10(19-9(2)14-8)7-16-11(17)13(15-12(16)18)5-3-4-6-13/h3-7H2,1-2H3,(H,15,18). The van der Waals surface area contributed by atoms with E-state index in [2.05, 4.69) is 10.3 Å². The van der Waals surface area contributed by atoms with Crippen LogP contribution in [0.15, 0.2) is 0 Å². The predicted octanol–water partition coefficient (Wildman–Crippen LogP) is 2.12. The molecule has 0 radical (unpaired) electrons. The van der Waals surface area contributed by atoms with Crippen molar-refractivity contribution in [2.45, 2.75) is 51.6 Å². The number of aromatic nitrogens is 1. The average Bonchev–Trinajstić information content (AvgIpc) is 2.98. The molecule has 1 aromatic rings. The van der Waals surface area contributed by atoms with Crippen molar-refractivity contribution in [1.82, 2.24) is 15.2 Å². The summed E-state index contributed by atoms with van der Waals surface area (Å²) in [5.41, 5.74) is 0.306. The summed E-state index contributed by atoms with van der Waals surface area (Å²) in [6, 6.07) is -0.252. The van der Waals surface area contributed by atoms with E-state index in [1.807, 2.05) is 13.8 Å². The number of aryl methyl sites for hydroxylation is 2. The number of nitrogens with one attached hydrogen (secondary N) is 1. The van der Waals surface area contributed by atoms with Gasteiger partial charge >= 0.3 is 6.03 Å². The van der Waals surface area contributed by atoms with Gasteiger partial charge in [0, 0.05) is 4.88 Å². The topological polar surface area (TPSA) is 62.3 Å². The molecule has 0 bridgehead atoms. The van der Waals surface area contributed by atoms with Gasteiger partial charge in [0.25, 0.3) is 5.91 Å². The first-order valence-corrected chi connectivity index (χ1v) is 7.40. The normalized spacial score (nSPS) is 21.5. The van der Waals surface area contributed by atoms with Crippen LogP contribution in [-0.2, 0) is 11.3 Å².